The van der Waals surface area contributed by atoms with E-state index in [1.807, 2.05) is 12.1 Å². The number of hydrogen-bond acceptors (Lipinski definition) is 3. The lowest BCUT2D eigenvalue weighted by molar-refractivity contribution is -0.917. The molecule has 1 aliphatic heterocycles. The summed E-state index contributed by atoms with van der Waals surface area (Å²) in [5.41, 5.74) is 1.15. The summed E-state index contributed by atoms with van der Waals surface area (Å²) < 4.78 is 31.7. The molecule has 0 amide bonds. The standard InChI is InChI=1S/C14H21BrN2O3S/c1-3-21(18,19)17-8-6-16(7-9-17)11-12-10-13(15)4-5-14(12)20-2/h4-5,10H,3,6-9,11H2,1-2H3/p+1. The number of nitrogens with one attached hydrogen (secondary N) is 1. The van der Waals surface area contributed by atoms with Crippen molar-refractivity contribution in [3.8, 4) is 5.75 Å². The first-order valence-corrected chi connectivity index (χ1v) is 9.50. The molecule has 0 saturated carbocycles. The maximum Gasteiger partial charge on any atom is 0.214 e. The third kappa shape index (κ3) is 4.18. The van der Waals surface area contributed by atoms with E-state index in [0.717, 1.165) is 35.4 Å². The van der Waals surface area contributed by atoms with Crippen molar-refractivity contribution in [2.45, 2.75) is 13.5 Å². The van der Waals surface area contributed by atoms with Gasteiger partial charge in [0, 0.05) is 10.0 Å². The Bertz CT molecular complexity index is 584. The van der Waals surface area contributed by atoms with Crippen LogP contribution in [0.15, 0.2) is 22.7 Å². The predicted octanol–water partition coefficient (Wildman–Crippen LogP) is 0.508. The minimum absolute atomic E-state index is 0.182. The highest BCUT2D eigenvalue weighted by Gasteiger charge is 2.28. The van der Waals surface area contributed by atoms with Gasteiger partial charge < -0.3 is 9.64 Å². The molecule has 0 radical (unpaired) electrons. The van der Waals surface area contributed by atoms with E-state index >= 15 is 0 Å². The second-order valence-corrected chi connectivity index (χ2v) is 8.36. The number of methoxy groups -OCH3 is 1. The van der Waals surface area contributed by atoms with Crippen molar-refractivity contribution in [2.24, 2.45) is 0 Å². The third-order valence-electron chi connectivity index (χ3n) is 3.87. The second-order valence-electron chi connectivity index (χ2n) is 5.18. The highest BCUT2D eigenvalue weighted by Crippen LogP contribution is 2.22. The highest BCUT2D eigenvalue weighted by atomic mass is 79.9. The number of piperazine rings is 1. The Kier molecular flexibility index (Phi) is 5.65. The number of sulfonamides is 1. The Hall–Kier alpha value is -0.630. The van der Waals surface area contributed by atoms with E-state index in [1.165, 1.54) is 4.90 Å². The summed E-state index contributed by atoms with van der Waals surface area (Å²) >= 11 is 3.48. The Morgan fingerprint density at radius 2 is 2.00 bits per heavy atom. The largest absolute Gasteiger partial charge is 0.496 e. The smallest absolute Gasteiger partial charge is 0.214 e. The Morgan fingerprint density at radius 3 is 2.57 bits per heavy atom. The molecule has 0 unspecified atom stereocenters. The van der Waals surface area contributed by atoms with Gasteiger partial charge in [0.25, 0.3) is 0 Å². The number of halogens is 1. The minimum atomic E-state index is -3.05. The number of hydrogen-bond donors (Lipinski definition) is 1. The van der Waals surface area contributed by atoms with E-state index in [9.17, 15) is 8.42 Å². The van der Waals surface area contributed by atoms with Crippen LogP contribution in [-0.2, 0) is 16.6 Å². The first kappa shape index (κ1) is 16.7. The van der Waals surface area contributed by atoms with Crippen molar-refractivity contribution in [3.05, 3.63) is 28.2 Å². The fourth-order valence-electron chi connectivity index (χ4n) is 2.59. The number of nitrogens with zero attached hydrogens (tertiary/aromatic N) is 1. The highest BCUT2D eigenvalue weighted by molar-refractivity contribution is 9.10. The number of ether oxygens (including phenoxy) is 1. The van der Waals surface area contributed by atoms with Crippen LogP contribution in [0.3, 0.4) is 0 Å². The molecule has 1 heterocycles. The fourth-order valence-corrected chi connectivity index (χ4v) is 4.11. The van der Waals surface area contributed by atoms with Gasteiger partial charge in [-0.1, -0.05) is 15.9 Å². The molecule has 1 N–H and O–H groups in total. The molecule has 0 atom stereocenters. The maximum absolute atomic E-state index is 11.9. The van der Waals surface area contributed by atoms with Crippen molar-refractivity contribution >= 4 is 26.0 Å². The normalized spacial score (nSPS) is 17.9. The molecule has 1 aliphatic rings. The first-order chi connectivity index (χ1) is 9.96. The first-order valence-electron chi connectivity index (χ1n) is 7.10. The zero-order valence-electron chi connectivity index (χ0n) is 12.4. The van der Waals surface area contributed by atoms with Gasteiger partial charge in [-0.2, -0.15) is 4.31 Å². The van der Waals surface area contributed by atoms with E-state index in [2.05, 4.69) is 22.0 Å². The molecule has 1 aromatic rings. The molecule has 118 valence electrons. The Balaban J connectivity index is 2.00. The Labute approximate surface area is 135 Å². The summed E-state index contributed by atoms with van der Waals surface area (Å²) in [6.07, 6.45) is 0. The van der Waals surface area contributed by atoms with Gasteiger partial charge in [0.1, 0.15) is 12.3 Å². The van der Waals surface area contributed by atoms with Gasteiger partial charge in [0.2, 0.25) is 10.0 Å². The lowest BCUT2D eigenvalue weighted by Crippen LogP contribution is -3.13. The molecule has 5 nitrogen and oxygen atoms in total. The molecule has 1 fully saturated rings. The zero-order chi connectivity index (χ0) is 15.5. The zero-order valence-corrected chi connectivity index (χ0v) is 14.8. The molecular formula is C14H22BrN2O3S+. The number of benzene rings is 1. The van der Waals surface area contributed by atoms with Gasteiger partial charge in [0.05, 0.1) is 39.0 Å². The van der Waals surface area contributed by atoms with Crippen LogP contribution in [0.2, 0.25) is 0 Å². The molecule has 0 spiro atoms. The van der Waals surface area contributed by atoms with Crippen LogP contribution in [0.25, 0.3) is 0 Å². The molecule has 1 saturated heterocycles. The summed E-state index contributed by atoms with van der Waals surface area (Å²) in [6.45, 7) is 5.40. The molecule has 0 bridgehead atoms. The average Bonchev–Trinajstić information content (AvgIpc) is 2.48. The van der Waals surface area contributed by atoms with Gasteiger partial charge in [-0.15, -0.1) is 0 Å². The summed E-state index contributed by atoms with van der Waals surface area (Å²) in [5.74, 6) is 1.07. The topological polar surface area (TPSA) is 51.0 Å². The van der Waals surface area contributed by atoms with Crippen LogP contribution < -0.4 is 9.64 Å². The lowest BCUT2D eigenvalue weighted by atomic mass is 10.2. The fraction of sp³-hybridized carbons (Fsp3) is 0.571. The van der Waals surface area contributed by atoms with Gasteiger partial charge in [-0.25, -0.2) is 8.42 Å². The van der Waals surface area contributed by atoms with Crippen LogP contribution in [0.5, 0.6) is 5.75 Å². The SMILES string of the molecule is CCS(=O)(=O)N1CC[NH+](Cc2cc(Br)ccc2OC)CC1. The molecule has 2 rings (SSSR count). The molecule has 0 aromatic heterocycles. The molecule has 1 aromatic carbocycles. The van der Waals surface area contributed by atoms with Gasteiger partial charge in [0.15, 0.2) is 0 Å². The van der Waals surface area contributed by atoms with Gasteiger partial charge in [-0.05, 0) is 25.1 Å². The molecule has 7 heteroatoms. The molecule has 21 heavy (non-hydrogen) atoms. The van der Waals surface area contributed by atoms with Crippen molar-refractivity contribution in [3.63, 3.8) is 0 Å². The van der Waals surface area contributed by atoms with Gasteiger partial charge in [-0.3, -0.25) is 0 Å². The number of quaternary nitrogens is 1. The monoisotopic (exact) mass is 377 g/mol. The van der Waals surface area contributed by atoms with E-state index in [0.29, 0.717) is 13.1 Å². The van der Waals surface area contributed by atoms with E-state index < -0.39 is 10.0 Å². The summed E-state index contributed by atoms with van der Waals surface area (Å²) in [7, 11) is -1.37. The van der Waals surface area contributed by atoms with Crippen molar-refractivity contribution in [2.75, 3.05) is 39.0 Å². The quantitative estimate of drug-likeness (QED) is 0.813. The van der Waals surface area contributed by atoms with E-state index in [1.54, 1.807) is 18.3 Å². The summed E-state index contributed by atoms with van der Waals surface area (Å²) in [5, 5.41) is 0. The van der Waals surface area contributed by atoms with Crippen LogP contribution in [0.1, 0.15) is 12.5 Å². The molecular weight excluding hydrogens is 356 g/mol. The maximum atomic E-state index is 11.9. The van der Waals surface area contributed by atoms with E-state index in [-0.39, 0.29) is 5.75 Å². The van der Waals surface area contributed by atoms with Crippen LogP contribution in [0.4, 0.5) is 0 Å². The summed E-state index contributed by atoms with van der Waals surface area (Å²) in [6, 6.07) is 5.99. The van der Waals surface area contributed by atoms with Crippen LogP contribution in [0, 0.1) is 0 Å². The van der Waals surface area contributed by atoms with Crippen molar-refractivity contribution in [1.29, 1.82) is 0 Å². The third-order valence-corrected chi connectivity index (χ3v) is 6.25. The van der Waals surface area contributed by atoms with Crippen LogP contribution in [-0.4, -0.2) is 51.8 Å². The minimum Gasteiger partial charge on any atom is -0.496 e. The Morgan fingerprint density at radius 1 is 1.33 bits per heavy atom. The van der Waals surface area contributed by atoms with Gasteiger partial charge >= 0.3 is 0 Å². The van der Waals surface area contributed by atoms with E-state index in [4.69, 9.17) is 4.74 Å². The molecule has 0 aliphatic carbocycles. The lowest BCUT2D eigenvalue weighted by Gasteiger charge is -2.31. The summed E-state index contributed by atoms with van der Waals surface area (Å²) in [4.78, 5) is 1.38. The van der Waals surface area contributed by atoms with Crippen LogP contribution >= 0.6 is 15.9 Å². The second kappa shape index (κ2) is 7.09. The van der Waals surface area contributed by atoms with Crippen molar-refractivity contribution in [1.82, 2.24) is 4.31 Å². The number of rotatable bonds is 5. The average molecular weight is 378 g/mol. The predicted molar refractivity (Wildman–Crippen MR) is 86.1 cm³/mol. The van der Waals surface area contributed by atoms with Crippen molar-refractivity contribution < 1.29 is 18.1 Å².